The number of halogens is 3. The zero-order valence-electron chi connectivity index (χ0n) is 14.2. The Morgan fingerprint density at radius 1 is 1.21 bits per heavy atom. The largest absolute Gasteiger partial charge is 0.323 e. The van der Waals surface area contributed by atoms with Gasteiger partial charge in [0.25, 0.3) is 0 Å². The molecule has 1 aromatic heterocycles. The molecule has 9 heteroatoms. The van der Waals surface area contributed by atoms with Crippen LogP contribution in [0, 0.1) is 5.82 Å². The van der Waals surface area contributed by atoms with E-state index in [4.69, 9.17) is 23.2 Å². The number of hydrogen-bond acceptors (Lipinski definition) is 3. The monoisotopic (exact) mass is 418 g/mol. The van der Waals surface area contributed by atoms with E-state index in [2.05, 4.69) is 15.7 Å². The van der Waals surface area contributed by atoms with Gasteiger partial charge in [0.15, 0.2) is 0 Å². The Balaban J connectivity index is 1.66. The van der Waals surface area contributed by atoms with Gasteiger partial charge in [-0.1, -0.05) is 29.3 Å². The minimum absolute atomic E-state index is 0.0818. The molecule has 142 valence electrons. The molecule has 3 aromatic rings. The fourth-order valence-electron chi connectivity index (χ4n) is 2.96. The number of aromatic nitrogens is 2. The molecule has 2 amide bonds. The van der Waals surface area contributed by atoms with Crippen LogP contribution in [0.3, 0.4) is 0 Å². The van der Waals surface area contributed by atoms with E-state index >= 15 is 0 Å². The first-order chi connectivity index (χ1) is 13.4. The lowest BCUT2D eigenvalue weighted by Crippen LogP contribution is -2.35. The van der Waals surface area contributed by atoms with Gasteiger partial charge in [-0.25, -0.2) is 9.07 Å². The minimum atomic E-state index is -0.868. The number of fused-ring (bicyclic) bond motifs is 1. The Morgan fingerprint density at radius 2 is 1.96 bits per heavy atom. The first-order valence-electron chi connectivity index (χ1n) is 8.32. The molecular formula is C19H13Cl2FN4O2. The molecule has 0 spiro atoms. The molecule has 0 radical (unpaired) electrons. The number of benzene rings is 2. The second-order valence-corrected chi connectivity index (χ2v) is 7.01. The van der Waals surface area contributed by atoms with E-state index < -0.39 is 11.9 Å². The zero-order chi connectivity index (χ0) is 19.8. The number of nitrogens with one attached hydrogen (secondary N) is 2. The molecule has 0 unspecified atom stereocenters. The van der Waals surface area contributed by atoms with Crippen LogP contribution in [-0.4, -0.2) is 21.6 Å². The van der Waals surface area contributed by atoms with Gasteiger partial charge in [0.1, 0.15) is 17.7 Å². The van der Waals surface area contributed by atoms with Gasteiger partial charge in [0, 0.05) is 11.6 Å². The number of carbonyl (C=O) groups excluding carboxylic acids is 2. The van der Waals surface area contributed by atoms with Crippen molar-refractivity contribution in [2.24, 2.45) is 0 Å². The number of anilines is 2. The maximum absolute atomic E-state index is 13.2. The molecule has 2 heterocycles. The van der Waals surface area contributed by atoms with E-state index in [1.54, 1.807) is 36.4 Å². The molecule has 1 atom stereocenters. The number of amides is 2. The van der Waals surface area contributed by atoms with Gasteiger partial charge < -0.3 is 10.6 Å². The SMILES string of the molecule is O=C1C[C@H](C(=O)Nc2cccc(Cl)c2Cl)n2nc(-c3ccc(F)cc3)cc2N1. The maximum atomic E-state index is 13.2. The lowest BCUT2D eigenvalue weighted by molar-refractivity contribution is -0.125. The lowest BCUT2D eigenvalue weighted by atomic mass is 10.1. The van der Waals surface area contributed by atoms with Crippen molar-refractivity contribution in [2.45, 2.75) is 12.5 Å². The summed E-state index contributed by atoms with van der Waals surface area (Å²) in [4.78, 5) is 24.9. The molecule has 0 fully saturated rings. The lowest BCUT2D eigenvalue weighted by Gasteiger charge is -2.23. The Hall–Kier alpha value is -2.90. The van der Waals surface area contributed by atoms with Crippen LogP contribution in [0.4, 0.5) is 15.9 Å². The summed E-state index contributed by atoms with van der Waals surface area (Å²) in [6, 6.07) is 11.4. The fraction of sp³-hybridized carbons (Fsp3) is 0.105. The molecule has 0 bridgehead atoms. The number of hydrogen-bond donors (Lipinski definition) is 2. The molecule has 0 aliphatic carbocycles. The van der Waals surface area contributed by atoms with Gasteiger partial charge in [0.05, 0.1) is 27.8 Å². The van der Waals surface area contributed by atoms with Crippen LogP contribution >= 0.6 is 23.2 Å². The first-order valence-corrected chi connectivity index (χ1v) is 9.08. The molecule has 0 saturated heterocycles. The highest BCUT2D eigenvalue weighted by Crippen LogP contribution is 2.33. The summed E-state index contributed by atoms with van der Waals surface area (Å²) in [7, 11) is 0. The number of carbonyl (C=O) groups is 2. The Kier molecular flexibility index (Phi) is 4.78. The van der Waals surface area contributed by atoms with E-state index in [9.17, 15) is 14.0 Å². The van der Waals surface area contributed by atoms with Crippen molar-refractivity contribution in [1.82, 2.24) is 9.78 Å². The summed E-state index contributed by atoms with van der Waals surface area (Å²) >= 11 is 12.1. The average molecular weight is 419 g/mol. The molecule has 1 aliphatic heterocycles. The van der Waals surface area contributed by atoms with Crippen molar-refractivity contribution in [3.8, 4) is 11.3 Å². The summed E-state index contributed by atoms with van der Waals surface area (Å²) in [6.07, 6.45) is -0.0818. The van der Waals surface area contributed by atoms with E-state index in [-0.39, 0.29) is 23.2 Å². The van der Waals surface area contributed by atoms with Crippen molar-refractivity contribution in [3.05, 3.63) is 64.4 Å². The normalized spacial score (nSPS) is 15.7. The summed E-state index contributed by atoms with van der Waals surface area (Å²) in [5.41, 5.74) is 1.52. The van der Waals surface area contributed by atoms with Crippen molar-refractivity contribution in [2.75, 3.05) is 10.6 Å². The van der Waals surface area contributed by atoms with Gasteiger partial charge in [-0.05, 0) is 36.4 Å². The van der Waals surface area contributed by atoms with Gasteiger partial charge in [-0.15, -0.1) is 0 Å². The van der Waals surface area contributed by atoms with E-state index in [0.717, 1.165) is 0 Å². The maximum Gasteiger partial charge on any atom is 0.249 e. The van der Waals surface area contributed by atoms with Crippen LogP contribution in [0.1, 0.15) is 12.5 Å². The molecule has 2 aromatic carbocycles. The van der Waals surface area contributed by atoms with Gasteiger partial charge in [0.2, 0.25) is 11.8 Å². The van der Waals surface area contributed by atoms with Crippen molar-refractivity contribution in [3.63, 3.8) is 0 Å². The fourth-order valence-corrected chi connectivity index (χ4v) is 3.31. The van der Waals surface area contributed by atoms with Crippen molar-refractivity contribution < 1.29 is 14.0 Å². The Bertz CT molecular complexity index is 1080. The summed E-state index contributed by atoms with van der Waals surface area (Å²) in [5, 5.41) is 10.3. The van der Waals surface area contributed by atoms with Crippen LogP contribution in [-0.2, 0) is 9.59 Å². The number of rotatable bonds is 3. The standard InChI is InChI=1S/C19H13Cl2FN4O2/c20-12-2-1-3-13(18(12)21)23-19(28)15-9-17(27)24-16-8-14(25-26(15)16)10-4-6-11(22)7-5-10/h1-8,15H,9H2,(H,23,28)(H,24,27)/t15-/m1/s1. The third kappa shape index (κ3) is 3.46. The van der Waals surface area contributed by atoms with Crippen molar-refractivity contribution in [1.29, 1.82) is 0 Å². The molecule has 28 heavy (non-hydrogen) atoms. The van der Waals surface area contributed by atoms with E-state index in [1.807, 2.05) is 0 Å². The second kappa shape index (κ2) is 7.26. The smallest absolute Gasteiger partial charge is 0.249 e. The van der Waals surface area contributed by atoms with Gasteiger partial charge in [-0.3, -0.25) is 9.59 Å². The van der Waals surface area contributed by atoms with Crippen LogP contribution in [0.25, 0.3) is 11.3 Å². The summed E-state index contributed by atoms with van der Waals surface area (Å²) in [5.74, 6) is -0.742. The third-order valence-electron chi connectivity index (χ3n) is 4.33. The van der Waals surface area contributed by atoms with Gasteiger partial charge >= 0.3 is 0 Å². The van der Waals surface area contributed by atoms with Gasteiger partial charge in [-0.2, -0.15) is 5.10 Å². The highest BCUT2D eigenvalue weighted by molar-refractivity contribution is 6.44. The topological polar surface area (TPSA) is 76.0 Å². The molecular weight excluding hydrogens is 406 g/mol. The molecule has 1 aliphatic rings. The minimum Gasteiger partial charge on any atom is -0.323 e. The predicted molar refractivity (Wildman–Crippen MR) is 105 cm³/mol. The van der Waals surface area contributed by atoms with E-state index in [1.165, 1.54) is 16.8 Å². The Labute approximate surface area is 169 Å². The molecule has 6 nitrogen and oxygen atoms in total. The highest BCUT2D eigenvalue weighted by atomic mass is 35.5. The highest BCUT2D eigenvalue weighted by Gasteiger charge is 2.32. The third-order valence-corrected chi connectivity index (χ3v) is 5.15. The molecule has 0 saturated carbocycles. The van der Waals surface area contributed by atoms with Crippen LogP contribution in [0.2, 0.25) is 10.0 Å². The summed E-state index contributed by atoms with van der Waals surface area (Å²) in [6.45, 7) is 0. The quantitative estimate of drug-likeness (QED) is 0.656. The summed E-state index contributed by atoms with van der Waals surface area (Å²) < 4.78 is 14.6. The first kappa shape index (κ1) is 18.5. The van der Waals surface area contributed by atoms with Crippen LogP contribution < -0.4 is 10.6 Å². The van der Waals surface area contributed by atoms with Crippen molar-refractivity contribution >= 4 is 46.5 Å². The number of nitrogens with zero attached hydrogens (tertiary/aromatic N) is 2. The predicted octanol–water partition coefficient (Wildman–Crippen LogP) is 4.52. The van der Waals surface area contributed by atoms with E-state index in [0.29, 0.717) is 27.8 Å². The second-order valence-electron chi connectivity index (χ2n) is 6.23. The van der Waals surface area contributed by atoms with Crippen LogP contribution in [0.15, 0.2) is 48.5 Å². The molecule has 2 N–H and O–H groups in total. The Morgan fingerprint density at radius 3 is 2.71 bits per heavy atom. The zero-order valence-corrected chi connectivity index (χ0v) is 15.8. The average Bonchev–Trinajstić information content (AvgIpc) is 3.09. The van der Waals surface area contributed by atoms with Crippen LogP contribution in [0.5, 0.6) is 0 Å². The molecule has 4 rings (SSSR count).